The summed E-state index contributed by atoms with van der Waals surface area (Å²) in [5.41, 5.74) is -0.622. The number of hydrogen-bond donors (Lipinski definition) is 2. The average molecular weight is 416 g/mol. The molecule has 3 aliphatic carbocycles. The predicted octanol–water partition coefficient (Wildman–Crippen LogP) is 1.64. The van der Waals surface area contributed by atoms with E-state index in [1.807, 2.05) is 0 Å². The molecule has 7 nitrogen and oxygen atoms in total. The van der Waals surface area contributed by atoms with Gasteiger partial charge in [-0.15, -0.1) is 0 Å². The second-order valence-corrected chi connectivity index (χ2v) is 11.0. The molecule has 5 atom stereocenters. The first-order valence-corrected chi connectivity index (χ1v) is 11.8. The number of aliphatic hydroxyl groups excluding tert-OH is 1. The van der Waals surface area contributed by atoms with Crippen molar-refractivity contribution in [2.24, 2.45) is 17.8 Å². The Balaban J connectivity index is 1.41. The predicted molar refractivity (Wildman–Crippen MR) is 104 cm³/mol. The Labute approximate surface area is 170 Å². The first-order chi connectivity index (χ1) is 13.8. The summed E-state index contributed by atoms with van der Waals surface area (Å²) in [5, 5.41) is 22.8. The van der Waals surface area contributed by atoms with E-state index in [0.29, 0.717) is 25.3 Å². The molecule has 1 heterocycles. The minimum absolute atomic E-state index is 0.0690. The number of carbonyl (C=O) groups is 1. The van der Waals surface area contributed by atoms with Gasteiger partial charge in [-0.05, 0) is 74.5 Å². The van der Waals surface area contributed by atoms with Gasteiger partial charge in [0.15, 0.2) is 0 Å². The summed E-state index contributed by atoms with van der Waals surface area (Å²) >= 11 is 0. The number of nitrogens with one attached hydrogen (secondary N) is 1. The highest BCUT2D eigenvalue weighted by Gasteiger charge is 2.61. The van der Waals surface area contributed by atoms with E-state index in [-0.39, 0.29) is 28.3 Å². The maximum Gasteiger partial charge on any atom is 0.252 e. The van der Waals surface area contributed by atoms with Gasteiger partial charge in [-0.25, -0.2) is 8.42 Å². The van der Waals surface area contributed by atoms with Gasteiger partial charge in [-0.1, -0.05) is 6.07 Å². The Kier molecular flexibility index (Phi) is 4.28. The fraction of sp³-hybridized carbons (Fsp3) is 0.619. The molecule has 1 aromatic carbocycles. The van der Waals surface area contributed by atoms with E-state index < -0.39 is 27.6 Å². The summed E-state index contributed by atoms with van der Waals surface area (Å²) < 4.78 is 28.2. The normalized spacial score (nSPS) is 35.0. The van der Waals surface area contributed by atoms with Crippen molar-refractivity contribution >= 4 is 15.9 Å². The number of aliphatic hydroxyl groups is 1. The van der Waals surface area contributed by atoms with Crippen LogP contribution >= 0.6 is 0 Å². The van der Waals surface area contributed by atoms with Crippen molar-refractivity contribution in [1.82, 2.24) is 9.62 Å². The maximum atomic E-state index is 13.4. The summed E-state index contributed by atoms with van der Waals surface area (Å²) in [7, 11) is -3.81. The highest BCUT2D eigenvalue weighted by atomic mass is 32.2. The number of nitrogens with zero attached hydrogens (tertiary/aromatic N) is 2. The fourth-order valence-electron chi connectivity index (χ4n) is 6.10. The van der Waals surface area contributed by atoms with Crippen molar-refractivity contribution in [3.63, 3.8) is 0 Å². The molecule has 0 unspecified atom stereocenters. The number of fused-ring (bicyclic) bond motifs is 1. The summed E-state index contributed by atoms with van der Waals surface area (Å²) in [5.74, 6) is 0.357. The molecule has 2 N–H and O–H groups in total. The Hall–Kier alpha value is -1.95. The van der Waals surface area contributed by atoms with Crippen molar-refractivity contribution < 1.29 is 18.3 Å². The van der Waals surface area contributed by atoms with E-state index in [1.165, 1.54) is 16.4 Å². The van der Waals surface area contributed by atoms with E-state index in [4.69, 9.17) is 0 Å². The number of sulfonamides is 1. The van der Waals surface area contributed by atoms with Crippen LogP contribution in [0.4, 0.5) is 0 Å². The molecule has 29 heavy (non-hydrogen) atoms. The topological polar surface area (TPSA) is 110 Å². The van der Waals surface area contributed by atoms with Gasteiger partial charge < -0.3 is 10.4 Å². The lowest BCUT2D eigenvalue weighted by Crippen LogP contribution is -2.45. The van der Waals surface area contributed by atoms with Gasteiger partial charge in [-0.2, -0.15) is 9.57 Å². The van der Waals surface area contributed by atoms with Crippen molar-refractivity contribution in [2.45, 2.75) is 61.1 Å². The molecule has 1 amide bonds. The lowest BCUT2D eigenvalue weighted by atomic mass is 9.88. The van der Waals surface area contributed by atoms with Gasteiger partial charge in [0.25, 0.3) is 5.91 Å². The second kappa shape index (κ2) is 6.53. The van der Waals surface area contributed by atoms with Crippen molar-refractivity contribution in [3.05, 3.63) is 29.8 Å². The van der Waals surface area contributed by atoms with Crippen molar-refractivity contribution in [3.8, 4) is 6.07 Å². The van der Waals surface area contributed by atoms with Crippen LogP contribution in [0.1, 0.15) is 48.9 Å². The summed E-state index contributed by atoms with van der Waals surface area (Å²) in [6, 6.07) is 7.90. The Morgan fingerprint density at radius 3 is 2.69 bits per heavy atom. The highest BCUT2D eigenvalue weighted by Crippen LogP contribution is 2.56. The monoisotopic (exact) mass is 415 g/mol. The molecular formula is C21H25N3O4S. The van der Waals surface area contributed by atoms with Crippen LogP contribution in [0.3, 0.4) is 0 Å². The van der Waals surface area contributed by atoms with E-state index in [1.54, 1.807) is 12.1 Å². The molecule has 0 aromatic heterocycles. The van der Waals surface area contributed by atoms with E-state index in [0.717, 1.165) is 25.7 Å². The van der Waals surface area contributed by atoms with Gasteiger partial charge in [0, 0.05) is 12.1 Å². The van der Waals surface area contributed by atoms with Crippen LogP contribution in [0.5, 0.6) is 0 Å². The molecule has 4 fully saturated rings. The molecule has 4 aliphatic rings. The lowest BCUT2D eigenvalue weighted by molar-refractivity contribution is 0.0731. The molecule has 0 radical (unpaired) electrons. The second-order valence-electron chi connectivity index (χ2n) is 9.09. The van der Waals surface area contributed by atoms with Crippen LogP contribution in [0.15, 0.2) is 29.2 Å². The molecule has 1 saturated heterocycles. The lowest BCUT2D eigenvalue weighted by Gasteiger charge is -2.28. The van der Waals surface area contributed by atoms with E-state index >= 15 is 0 Å². The fourth-order valence-corrected chi connectivity index (χ4v) is 7.89. The number of amides is 1. The zero-order valence-corrected chi connectivity index (χ0v) is 16.9. The standard InChI is InChI=1S/C21H25N3O4S/c22-12-21(6-1-2-7-21)23-20(26)13-4-3-5-16(9-13)29(27,28)24-11-15-8-14-10-17(15)18(24)19(14)25/h3-5,9,14-15,17-19,25H,1-2,6-8,10-11H2,(H,23,26)/t14-,15-,17+,18-,19-/m0/s1. The number of benzene rings is 1. The first-order valence-electron chi connectivity index (χ1n) is 10.4. The minimum Gasteiger partial charge on any atom is -0.391 e. The van der Waals surface area contributed by atoms with Crippen LogP contribution < -0.4 is 5.32 Å². The van der Waals surface area contributed by atoms with E-state index in [9.17, 15) is 23.6 Å². The molecular weight excluding hydrogens is 390 g/mol. The molecule has 0 spiro atoms. The highest BCUT2D eigenvalue weighted by molar-refractivity contribution is 7.89. The third-order valence-electron chi connectivity index (χ3n) is 7.53. The van der Waals surface area contributed by atoms with Crippen LogP contribution in [-0.4, -0.2) is 48.0 Å². The summed E-state index contributed by atoms with van der Waals surface area (Å²) in [6.07, 6.45) is 4.22. The largest absolute Gasteiger partial charge is 0.391 e. The van der Waals surface area contributed by atoms with Crippen LogP contribution in [-0.2, 0) is 10.0 Å². The third-order valence-corrected chi connectivity index (χ3v) is 9.39. The Morgan fingerprint density at radius 1 is 1.24 bits per heavy atom. The van der Waals surface area contributed by atoms with Crippen LogP contribution in [0, 0.1) is 29.1 Å². The van der Waals surface area contributed by atoms with Gasteiger partial charge in [0.2, 0.25) is 10.0 Å². The van der Waals surface area contributed by atoms with Crippen molar-refractivity contribution in [2.75, 3.05) is 6.54 Å². The van der Waals surface area contributed by atoms with Gasteiger partial charge in [0.1, 0.15) is 5.54 Å². The zero-order valence-electron chi connectivity index (χ0n) is 16.1. The van der Waals surface area contributed by atoms with Crippen molar-refractivity contribution in [1.29, 1.82) is 5.26 Å². The van der Waals surface area contributed by atoms with E-state index in [2.05, 4.69) is 11.4 Å². The number of carbonyl (C=O) groups excluding carboxylic acids is 1. The average Bonchev–Trinajstić information content (AvgIpc) is 3.45. The first kappa shape index (κ1) is 19.0. The SMILES string of the molecule is N#CC1(NC(=O)c2cccc(S(=O)(=O)N3C[C@@H]4C[C@H]5C[C@H]4[C@H]3[C@H]5O)c2)CCCC1. The summed E-state index contributed by atoms with van der Waals surface area (Å²) in [6.45, 7) is 0.444. The zero-order chi connectivity index (χ0) is 20.4. The number of nitriles is 1. The number of hydrogen-bond acceptors (Lipinski definition) is 5. The Bertz CT molecular complexity index is 993. The van der Waals surface area contributed by atoms with Crippen LogP contribution in [0.25, 0.3) is 0 Å². The van der Waals surface area contributed by atoms with Gasteiger partial charge in [-0.3, -0.25) is 4.79 Å². The molecule has 5 rings (SSSR count). The third kappa shape index (κ3) is 2.82. The molecule has 3 saturated carbocycles. The summed E-state index contributed by atoms with van der Waals surface area (Å²) in [4.78, 5) is 12.8. The maximum absolute atomic E-state index is 13.4. The number of rotatable bonds is 4. The minimum atomic E-state index is -3.81. The van der Waals surface area contributed by atoms with Gasteiger partial charge >= 0.3 is 0 Å². The van der Waals surface area contributed by atoms with Gasteiger partial charge in [0.05, 0.1) is 23.1 Å². The molecule has 2 bridgehead atoms. The smallest absolute Gasteiger partial charge is 0.252 e. The Morgan fingerprint density at radius 2 is 2.00 bits per heavy atom. The van der Waals surface area contributed by atoms with Crippen LogP contribution in [0.2, 0.25) is 0 Å². The molecule has 1 aromatic rings. The molecule has 1 aliphatic heterocycles. The quantitative estimate of drug-likeness (QED) is 0.777. The molecule has 154 valence electrons. The molecule has 8 heteroatoms.